The van der Waals surface area contributed by atoms with Gasteiger partial charge in [-0.25, -0.2) is 4.98 Å². The van der Waals surface area contributed by atoms with Crippen molar-refractivity contribution < 1.29 is 27.4 Å². The molecule has 2 aromatic heterocycles. The fourth-order valence-electron chi connectivity index (χ4n) is 4.21. The second-order valence-electron chi connectivity index (χ2n) is 10.1. The summed E-state index contributed by atoms with van der Waals surface area (Å²) in [5.74, 6) is 0.305. The Morgan fingerprint density at radius 3 is 2.57 bits per heavy atom. The first-order valence-electron chi connectivity index (χ1n) is 11.1. The first kappa shape index (κ1) is 24.7. The molecule has 1 fully saturated rings. The van der Waals surface area contributed by atoms with Gasteiger partial charge in [0.15, 0.2) is 6.61 Å². The Balaban J connectivity index is 1.63. The van der Waals surface area contributed by atoms with Crippen LogP contribution in [0.5, 0.6) is 5.75 Å². The molecule has 2 N–H and O–H groups in total. The molecule has 3 aromatic rings. The number of nitriles is 1. The van der Waals surface area contributed by atoms with Gasteiger partial charge >= 0.3 is 12.2 Å². The quantitative estimate of drug-likeness (QED) is 0.494. The molecule has 0 atom stereocenters. The third kappa shape index (κ3) is 5.48. The van der Waals surface area contributed by atoms with Crippen LogP contribution in [0.1, 0.15) is 51.2 Å². The van der Waals surface area contributed by atoms with Crippen molar-refractivity contribution >= 4 is 16.9 Å². The minimum absolute atomic E-state index is 0.0691. The number of nitrogens with one attached hydrogen (secondary N) is 1. The number of anilines is 1. The van der Waals surface area contributed by atoms with Gasteiger partial charge in [-0.2, -0.15) is 18.4 Å². The van der Waals surface area contributed by atoms with Gasteiger partial charge in [-0.15, -0.1) is 5.10 Å². The van der Waals surface area contributed by atoms with Crippen molar-refractivity contribution in [2.45, 2.75) is 70.2 Å². The van der Waals surface area contributed by atoms with Crippen LogP contribution in [-0.4, -0.2) is 44.7 Å². The zero-order valence-electron chi connectivity index (χ0n) is 19.8. The maximum atomic E-state index is 12.7. The number of alkyl halides is 3. The van der Waals surface area contributed by atoms with E-state index in [1.165, 1.54) is 0 Å². The number of hydrogen-bond acceptors (Lipinski definition) is 8. The van der Waals surface area contributed by atoms with Crippen molar-refractivity contribution in [3.05, 3.63) is 29.3 Å². The number of rotatable bonds is 6. The maximum Gasteiger partial charge on any atom is 0.422 e. The maximum absolute atomic E-state index is 12.7. The number of benzene rings is 1. The highest BCUT2D eigenvalue weighted by molar-refractivity contribution is 5.89. The molecule has 0 unspecified atom stereocenters. The van der Waals surface area contributed by atoms with Crippen molar-refractivity contribution in [2.75, 3.05) is 11.9 Å². The molecule has 0 bridgehead atoms. The van der Waals surface area contributed by atoms with Crippen LogP contribution in [0.4, 0.5) is 19.2 Å². The molecule has 0 amide bonds. The molecule has 1 aromatic carbocycles. The smallest absolute Gasteiger partial charge is 0.422 e. The Morgan fingerprint density at radius 2 is 1.94 bits per heavy atom. The first-order valence-corrected chi connectivity index (χ1v) is 11.1. The summed E-state index contributed by atoms with van der Waals surface area (Å²) in [7, 11) is 0. The summed E-state index contributed by atoms with van der Waals surface area (Å²) in [6.07, 6.45) is -3.57. The fourth-order valence-corrected chi connectivity index (χ4v) is 4.21. The van der Waals surface area contributed by atoms with E-state index in [2.05, 4.69) is 15.5 Å². The van der Waals surface area contributed by atoms with E-state index in [1.54, 1.807) is 18.2 Å². The van der Waals surface area contributed by atoms with Gasteiger partial charge in [-0.05, 0) is 54.5 Å². The number of halogens is 3. The molecular weight excluding hydrogens is 463 g/mol. The van der Waals surface area contributed by atoms with Crippen molar-refractivity contribution in [3.63, 3.8) is 0 Å². The predicted molar refractivity (Wildman–Crippen MR) is 122 cm³/mol. The van der Waals surface area contributed by atoms with E-state index in [9.17, 15) is 18.3 Å². The summed E-state index contributed by atoms with van der Waals surface area (Å²) in [5, 5.41) is 30.8. The molecule has 11 heteroatoms. The summed E-state index contributed by atoms with van der Waals surface area (Å²) in [6.45, 7) is 6.28. The molecule has 2 heterocycles. The molecule has 8 nitrogen and oxygen atoms in total. The number of pyridine rings is 1. The van der Waals surface area contributed by atoms with Gasteiger partial charge in [-0.3, -0.25) is 0 Å². The van der Waals surface area contributed by atoms with Gasteiger partial charge in [0.2, 0.25) is 0 Å². The van der Waals surface area contributed by atoms with Crippen molar-refractivity contribution in [2.24, 2.45) is 0 Å². The van der Waals surface area contributed by atoms with Gasteiger partial charge in [0.25, 0.3) is 5.89 Å². The average Bonchev–Trinajstić information content (AvgIpc) is 3.18. The van der Waals surface area contributed by atoms with Gasteiger partial charge in [-0.1, -0.05) is 25.9 Å². The van der Waals surface area contributed by atoms with E-state index in [1.807, 2.05) is 33.8 Å². The van der Waals surface area contributed by atoms with Crippen molar-refractivity contribution in [1.82, 2.24) is 15.2 Å². The third-order valence-corrected chi connectivity index (χ3v) is 5.94. The number of aryl methyl sites for hydroxylation is 1. The molecule has 35 heavy (non-hydrogen) atoms. The number of fused-ring (bicyclic) bond motifs is 1. The normalized spacial score (nSPS) is 20.4. The Bertz CT molecular complexity index is 1280. The van der Waals surface area contributed by atoms with E-state index >= 15 is 0 Å². The van der Waals surface area contributed by atoms with Crippen LogP contribution in [0.25, 0.3) is 22.5 Å². The van der Waals surface area contributed by atoms with Crippen molar-refractivity contribution in [1.29, 1.82) is 5.26 Å². The molecular formula is C24H26F3N5O3. The van der Waals surface area contributed by atoms with Gasteiger partial charge in [0.05, 0.1) is 23.6 Å². The van der Waals surface area contributed by atoms with Crippen LogP contribution < -0.4 is 10.1 Å². The average molecular weight is 489 g/mol. The van der Waals surface area contributed by atoms with E-state index in [-0.39, 0.29) is 30.1 Å². The number of aliphatic hydroxyl groups is 1. The minimum atomic E-state index is -4.44. The molecule has 0 saturated heterocycles. The Labute approximate surface area is 200 Å². The molecule has 1 aliphatic rings. The van der Waals surface area contributed by atoms with E-state index < -0.39 is 23.8 Å². The number of aromatic nitrogens is 3. The molecule has 1 saturated carbocycles. The lowest BCUT2D eigenvalue weighted by atomic mass is 9.74. The summed E-state index contributed by atoms with van der Waals surface area (Å²) < 4.78 is 48.9. The lowest BCUT2D eigenvalue weighted by molar-refractivity contribution is -0.153. The highest BCUT2D eigenvalue weighted by Gasteiger charge is 2.43. The van der Waals surface area contributed by atoms with Crippen molar-refractivity contribution in [3.8, 4) is 23.4 Å². The second kappa shape index (κ2) is 8.68. The highest BCUT2D eigenvalue weighted by atomic mass is 19.4. The Hall–Kier alpha value is -3.39. The van der Waals surface area contributed by atoms with Crippen LogP contribution in [0, 0.1) is 18.3 Å². The van der Waals surface area contributed by atoms with Crippen LogP contribution in [-0.2, 0) is 5.41 Å². The molecule has 186 valence electrons. The lowest BCUT2D eigenvalue weighted by Gasteiger charge is -2.41. The Morgan fingerprint density at radius 1 is 1.23 bits per heavy atom. The lowest BCUT2D eigenvalue weighted by Crippen LogP contribution is -2.50. The Kier molecular flexibility index (Phi) is 6.13. The van der Waals surface area contributed by atoms with E-state index in [4.69, 9.17) is 19.4 Å². The molecule has 0 aliphatic heterocycles. The van der Waals surface area contributed by atoms with Gasteiger partial charge in [0.1, 0.15) is 11.4 Å². The van der Waals surface area contributed by atoms with E-state index in [0.717, 1.165) is 11.1 Å². The zero-order valence-corrected chi connectivity index (χ0v) is 19.8. The SMILES string of the molecule is Cc1cc(-c2nnc(N[C@H]3C[C@@](O)(CC#N)C3)o2)nc2c(C(C)(C)C)cc(OCC(F)(F)F)cc12. The molecule has 4 rings (SSSR count). The molecule has 0 radical (unpaired) electrons. The third-order valence-electron chi connectivity index (χ3n) is 5.94. The summed E-state index contributed by atoms with van der Waals surface area (Å²) in [4.78, 5) is 4.72. The number of ether oxygens (including phenoxy) is 1. The zero-order chi connectivity index (χ0) is 25.6. The standard InChI is InChI=1S/C24H26F3N5O3/c1-13-7-18(20-31-32-21(35-20)29-14-10-23(33,11-14)5-6-28)30-19-16(13)8-15(34-12-24(25,26)27)9-17(19)22(2,3)4/h7-9,14,33H,5,10-12H2,1-4H3,(H,29,32)/t14-,23-. The second-order valence-corrected chi connectivity index (χ2v) is 10.1. The fraction of sp³-hybridized carbons (Fsp3) is 0.500. The molecule has 1 aliphatic carbocycles. The van der Waals surface area contributed by atoms with Gasteiger partial charge < -0.3 is 19.6 Å². The number of nitrogens with zero attached hydrogens (tertiary/aromatic N) is 4. The number of hydrogen-bond donors (Lipinski definition) is 2. The van der Waals surface area contributed by atoms with Crippen LogP contribution in [0.3, 0.4) is 0 Å². The minimum Gasteiger partial charge on any atom is -0.484 e. The van der Waals surface area contributed by atoms with E-state index in [0.29, 0.717) is 29.4 Å². The summed E-state index contributed by atoms with van der Waals surface area (Å²) in [6, 6.07) is 6.94. The van der Waals surface area contributed by atoms with Crippen LogP contribution in [0.15, 0.2) is 22.6 Å². The van der Waals surface area contributed by atoms with Gasteiger partial charge in [0, 0.05) is 11.4 Å². The van der Waals surface area contributed by atoms with Crippen LogP contribution in [0.2, 0.25) is 0 Å². The summed E-state index contributed by atoms with van der Waals surface area (Å²) in [5.41, 5.74) is 1.11. The van der Waals surface area contributed by atoms with Crippen LogP contribution >= 0.6 is 0 Å². The highest BCUT2D eigenvalue weighted by Crippen LogP contribution is 2.38. The topological polar surface area (TPSA) is 117 Å². The predicted octanol–water partition coefficient (Wildman–Crippen LogP) is 5.05. The largest absolute Gasteiger partial charge is 0.484 e. The monoisotopic (exact) mass is 489 g/mol. The molecule has 0 spiro atoms. The summed E-state index contributed by atoms with van der Waals surface area (Å²) >= 11 is 0. The first-order chi connectivity index (χ1) is 16.3.